The van der Waals surface area contributed by atoms with E-state index in [4.69, 9.17) is 0 Å². The molecule has 1 atom stereocenters. The molecule has 0 heterocycles. The van der Waals surface area contributed by atoms with Crippen LogP contribution < -0.4 is 0 Å². The van der Waals surface area contributed by atoms with Crippen molar-refractivity contribution in [2.45, 2.75) is 46.1 Å². The van der Waals surface area contributed by atoms with Crippen LogP contribution in [-0.2, 0) is 0 Å². The maximum absolute atomic E-state index is 10.2. The molecular formula is C10H21CeNO. The smallest absolute Gasteiger partial charge is 0.104 e. The van der Waals surface area contributed by atoms with Crippen molar-refractivity contribution in [2.75, 3.05) is 7.05 Å². The van der Waals surface area contributed by atoms with Crippen molar-refractivity contribution in [2.24, 2.45) is 10.9 Å². The maximum atomic E-state index is 10.2. The zero-order valence-electron chi connectivity index (χ0n) is 9.39. The van der Waals surface area contributed by atoms with Crippen molar-refractivity contribution in [1.82, 2.24) is 0 Å². The molecule has 0 bridgehead atoms. The van der Waals surface area contributed by atoms with Crippen molar-refractivity contribution in [3.8, 4) is 0 Å². The van der Waals surface area contributed by atoms with E-state index >= 15 is 0 Å². The Kier molecular flexibility index (Phi) is 9.25. The molecule has 0 aliphatic rings. The van der Waals surface area contributed by atoms with Gasteiger partial charge in [-0.15, -0.1) is 0 Å². The Morgan fingerprint density at radius 3 is 2.15 bits per heavy atom. The zero-order valence-corrected chi connectivity index (χ0v) is 12.5. The van der Waals surface area contributed by atoms with Crippen LogP contribution in [0.25, 0.3) is 0 Å². The van der Waals surface area contributed by atoms with E-state index in [0.717, 1.165) is 18.6 Å². The van der Waals surface area contributed by atoms with Gasteiger partial charge in [0, 0.05) is 54.5 Å². The minimum atomic E-state index is -0.691. The summed E-state index contributed by atoms with van der Waals surface area (Å²) in [7, 11) is 1.73. The van der Waals surface area contributed by atoms with E-state index in [1.807, 2.05) is 20.8 Å². The summed E-state index contributed by atoms with van der Waals surface area (Å²) in [4.78, 5) is 4.07. The van der Waals surface area contributed by atoms with Crippen LogP contribution in [0.2, 0.25) is 0 Å². The first-order chi connectivity index (χ1) is 5.49. The minimum Gasteiger partial charge on any atom is -0.384 e. The number of nitrogens with zero attached hydrogens (tertiary/aromatic N) is 1. The molecule has 1 N–H and O–H groups in total. The molecule has 0 saturated carbocycles. The second-order valence-corrected chi connectivity index (χ2v) is 3.64. The van der Waals surface area contributed by atoms with Crippen molar-refractivity contribution >= 4 is 5.71 Å². The molecule has 0 saturated heterocycles. The summed E-state index contributed by atoms with van der Waals surface area (Å²) in [6, 6.07) is 0. The van der Waals surface area contributed by atoms with Gasteiger partial charge in [-0.25, -0.2) is 0 Å². The molecule has 1 unspecified atom stereocenters. The molecule has 0 aromatic carbocycles. The monoisotopic (exact) mass is 311 g/mol. The van der Waals surface area contributed by atoms with Gasteiger partial charge in [0.15, 0.2) is 0 Å². The zero-order chi connectivity index (χ0) is 9.78. The quantitative estimate of drug-likeness (QED) is 0.794. The third-order valence-corrected chi connectivity index (χ3v) is 2.55. The average molecular weight is 311 g/mol. The molecular weight excluding hydrogens is 290 g/mol. The number of rotatable bonds is 4. The fourth-order valence-corrected chi connectivity index (χ4v) is 1.46. The number of aliphatic imine (C=N–C) groups is 1. The normalized spacial score (nSPS) is 16.7. The van der Waals surface area contributed by atoms with E-state index in [0.29, 0.717) is 0 Å². The van der Waals surface area contributed by atoms with E-state index in [9.17, 15) is 5.11 Å². The van der Waals surface area contributed by atoms with Crippen LogP contribution in [0, 0.1) is 47.7 Å². The van der Waals surface area contributed by atoms with Crippen LogP contribution >= 0.6 is 0 Å². The molecule has 76 valence electrons. The molecule has 0 fully saturated rings. The van der Waals surface area contributed by atoms with Gasteiger partial charge in [0.1, 0.15) is 5.60 Å². The van der Waals surface area contributed by atoms with Gasteiger partial charge in [0.25, 0.3) is 0 Å². The van der Waals surface area contributed by atoms with Gasteiger partial charge < -0.3 is 5.11 Å². The van der Waals surface area contributed by atoms with Crippen LogP contribution in [0.5, 0.6) is 0 Å². The molecule has 2 nitrogen and oxygen atoms in total. The summed E-state index contributed by atoms with van der Waals surface area (Å²) in [5.74, 6) is 0.237. The molecule has 0 rings (SSSR count). The second-order valence-electron chi connectivity index (χ2n) is 3.64. The molecule has 0 radical (unpaired) electrons. The van der Waals surface area contributed by atoms with Gasteiger partial charge in [-0.1, -0.05) is 27.2 Å². The maximum Gasteiger partial charge on any atom is 0.104 e. The van der Waals surface area contributed by atoms with Gasteiger partial charge in [0.2, 0.25) is 0 Å². The third-order valence-electron chi connectivity index (χ3n) is 2.55. The molecule has 0 aliphatic heterocycles. The van der Waals surface area contributed by atoms with Gasteiger partial charge in [0.05, 0.1) is 0 Å². The van der Waals surface area contributed by atoms with Crippen molar-refractivity contribution in [3.63, 3.8) is 0 Å². The largest absolute Gasteiger partial charge is 0.384 e. The van der Waals surface area contributed by atoms with Crippen molar-refractivity contribution in [3.05, 3.63) is 0 Å². The fraction of sp³-hybridized carbons (Fsp3) is 0.900. The fourth-order valence-electron chi connectivity index (χ4n) is 1.46. The molecule has 0 aromatic heterocycles. The number of aliphatic hydroxyl groups is 1. The first-order valence-corrected chi connectivity index (χ1v) is 4.65. The van der Waals surface area contributed by atoms with Crippen LogP contribution in [0.1, 0.15) is 40.5 Å². The number of hydrogen-bond acceptors (Lipinski definition) is 2. The Hall–Kier alpha value is 1.01. The third kappa shape index (κ3) is 4.36. The average Bonchev–Trinajstić information content (AvgIpc) is 2.03. The summed E-state index contributed by atoms with van der Waals surface area (Å²) in [6.07, 6.45) is 1.79. The van der Waals surface area contributed by atoms with E-state index < -0.39 is 5.60 Å². The molecule has 0 spiro atoms. The van der Waals surface area contributed by atoms with Gasteiger partial charge in [-0.3, -0.25) is 4.99 Å². The van der Waals surface area contributed by atoms with Gasteiger partial charge >= 0.3 is 0 Å². The van der Waals surface area contributed by atoms with Crippen LogP contribution in [0.4, 0.5) is 0 Å². The molecule has 0 amide bonds. The predicted octanol–water partition coefficient (Wildman–Crippen LogP) is 2.26. The van der Waals surface area contributed by atoms with Crippen LogP contribution in [0.3, 0.4) is 0 Å². The molecule has 3 heteroatoms. The van der Waals surface area contributed by atoms with Gasteiger partial charge in [-0.05, 0) is 19.3 Å². The second kappa shape index (κ2) is 7.32. The topological polar surface area (TPSA) is 32.6 Å². The summed E-state index contributed by atoms with van der Waals surface area (Å²) >= 11 is 0. The standard InChI is InChI=1S/C10H21NO.Ce/c1-6-7-10(12,8(2)3)9(4)11-5;/h8,12H,6-7H2,1-5H3;. The first kappa shape index (κ1) is 16.4. The summed E-state index contributed by atoms with van der Waals surface area (Å²) in [5, 5.41) is 10.2. The number of hydrogen-bond donors (Lipinski definition) is 1. The predicted molar refractivity (Wildman–Crippen MR) is 53.7 cm³/mol. The van der Waals surface area contributed by atoms with Gasteiger partial charge in [-0.2, -0.15) is 0 Å². The molecule has 13 heavy (non-hydrogen) atoms. The van der Waals surface area contributed by atoms with Crippen LogP contribution in [0.15, 0.2) is 4.99 Å². The van der Waals surface area contributed by atoms with E-state index in [2.05, 4.69) is 11.9 Å². The Balaban J connectivity index is 0. The van der Waals surface area contributed by atoms with E-state index in [-0.39, 0.29) is 47.7 Å². The first-order valence-electron chi connectivity index (χ1n) is 4.65. The minimum absolute atomic E-state index is 0. The Morgan fingerprint density at radius 1 is 1.46 bits per heavy atom. The van der Waals surface area contributed by atoms with Crippen molar-refractivity contribution in [1.29, 1.82) is 0 Å². The summed E-state index contributed by atoms with van der Waals surface area (Å²) < 4.78 is 0. The summed E-state index contributed by atoms with van der Waals surface area (Å²) in [6.45, 7) is 8.04. The molecule has 0 aromatic rings. The van der Waals surface area contributed by atoms with Crippen LogP contribution in [-0.4, -0.2) is 23.5 Å². The SMILES string of the molecule is CCCC(O)(C(C)=NC)C(C)C.[Ce]. The summed E-state index contributed by atoms with van der Waals surface area (Å²) in [5.41, 5.74) is 0.156. The van der Waals surface area contributed by atoms with Crippen molar-refractivity contribution < 1.29 is 46.9 Å². The molecule has 0 aliphatic carbocycles. The van der Waals surface area contributed by atoms with E-state index in [1.54, 1.807) is 7.05 Å². The van der Waals surface area contributed by atoms with E-state index in [1.165, 1.54) is 0 Å². The Morgan fingerprint density at radius 2 is 1.92 bits per heavy atom. The Labute approximate surface area is 116 Å². The Bertz CT molecular complexity index is 168.